The van der Waals surface area contributed by atoms with E-state index in [9.17, 15) is 9.59 Å². The topological polar surface area (TPSA) is 70.5 Å². The number of thioether (sulfide) groups is 1. The van der Waals surface area contributed by atoms with Crippen molar-refractivity contribution in [3.8, 4) is 0 Å². The Morgan fingerprint density at radius 2 is 2.23 bits per heavy atom. The summed E-state index contributed by atoms with van der Waals surface area (Å²) >= 11 is 3.01. The molecule has 1 aromatic heterocycles. The highest BCUT2D eigenvalue weighted by molar-refractivity contribution is 8.01. The molecular weight excluding hydrogens is 320 g/mol. The standard InChI is InChI=1S/C15H16N2O3S2/c18-13(17-7-3-4-10(17)8-14(19)20)9-21-15-16-11-5-1-2-6-12(11)22-15/h1-2,5-6,10H,3-4,7-9H2,(H,19,20). The van der Waals surface area contributed by atoms with Gasteiger partial charge in [0.2, 0.25) is 5.91 Å². The Hall–Kier alpha value is -1.60. The minimum atomic E-state index is -0.844. The summed E-state index contributed by atoms with van der Waals surface area (Å²) in [5, 5.41) is 8.91. The van der Waals surface area contributed by atoms with Crippen LogP contribution in [0.3, 0.4) is 0 Å². The van der Waals surface area contributed by atoms with E-state index >= 15 is 0 Å². The summed E-state index contributed by atoms with van der Waals surface area (Å²) < 4.78 is 1.99. The zero-order chi connectivity index (χ0) is 15.5. The first-order valence-electron chi connectivity index (χ1n) is 7.13. The third-order valence-electron chi connectivity index (χ3n) is 3.70. The number of carbonyl (C=O) groups excluding carboxylic acids is 1. The fraction of sp³-hybridized carbons (Fsp3) is 0.400. The van der Waals surface area contributed by atoms with E-state index in [1.165, 1.54) is 11.8 Å². The lowest BCUT2D eigenvalue weighted by Gasteiger charge is -2.23. The summed E-state index contributed by atoms with van der Waals surface area (Å²) in [7, 11) is 0. The van der Waals surface area contributed by atoms with Gasteiger partial charge in [0.1, 0.15) is 0 Å². The van der Waals surface area contributed by atoms with Gasteiger partial charge in [0, 0.05) is 12.6 Å². The lowest BCUT2D eigenvalue weighted by molar-refractivity contribution is -0.139. The maximum atomic E-state index is 12.3. The van der Waals surface area contributed by atoms with E-state index in [0.717, 1.165) is 27.4 Å². The van der Waals surface area contributed by atoms with Crippen molar-refractivity contribution < 1.29 is 14.7 Å². The van der Waals surface area contributed by atoms with Crippen LogP contribution in [0.4, 0.5) is 0 Å². The number of benzene rings is 1. The van der Waals surface area contributed by atoms with Gasteiger partial charge in [0.25, 0.3) is 0 Å². The molecule has 1 aliphatic heterocycles. The zero-order valence-electron chi connectivity index (χ0n) is 11.9. The maximum absolute atomic E-state index is 12.3. The van der Waals surface area contributed by atoms with Crippen molar-refractivity contribution in [3.05, 3.63) is 24.3 Å². The molecule has 1 aromatic carbocycles. The van der Waals surface area contributed by atoms with Crippen molar-refractivity contribution in [1.82, 2.24) is 9.88 Å². The van der Waals surface area contributed by atoms with Crippen LogP contribution in [0.25, 0.3) is 10.2 Å². The van der Waals surface area contributed by atoms with E-state index in [0.29, 0.717) is 12.3 Å². The summed E-state index contributed by atoms with van der Waals surface area (Å²) in [6, 6.07) is 7.74. The van der Waals surface area contributed by atoms with Gasteiger partial charge in [-0.15, -0.1) is 11.3 Å². The number of aliphatic carboxylic acids is 1. The molecule has 116 valence electrons. The summed E-state index contributed by atoms with van der Waals surface area (Å²) in [4.78, 5) is 29.4. The molecule has 7 heteroatoms. The second-order valence-corrected chi connectivity index (χ2v) is 7.47. The number of hydrogen-bond acceptors (Lipinski definition) is 5. The Labute approximate surface area is 136 Å². The quantitative estimate of drug-likeness (QED) is 0.850. The van der Waals surface area contributed by atoms with E-state index in [-0.39, 0.29) is 18.4 Å². The van der Waals surface area contributed by atoms with Crippen molar-refractivity contribution in [1.29, 1.82) is 0 Å². The van der Waals surface area contributed by atoms with Gasteiger partial charge >= 0.3 is 5.97 Å². The second kappa shape index (κ2) is 6.66. The molecular formula is C15H16N2O3S2. The van der Waals surface area contributed by atoms with Gasteiger partial charge in [0.05, 0.1) is 22.4 Å². The van der Waals surface area contributed by atoms with E-state index in [1.807, 2.05) is 24.3 Å². The molecule has 0 saturated carbocycles. The number of fused-ring (bicyclic) bond motifs is 1. The molecule has 1 N–H and O–H groups in total. The van der Waals surface area contributed by atoms with Crippen LogP contribution in [-0.4, -0.2) is 45.2 Å². The number of hydrogen-bond donors (Lipinski definition) is 1. The van der Waals surface area contributed by atoms with E-state index in [2.05, 4.69) is 4.98 Å². The molecule has 0 radical (unpaired) electrons. The average Bonchev–Trinajstić information content (AvgIpc) is 3.10. The SMILES string of the molecule is O=C(O)CC1CCCN1C(=O)CSc1nc2ccccc2s1. The molecule has 0 spiro atoms. The number of likely N-dealkylation sites (tertiary alicyclic amines) is 1. The van der Waals surface area contributed by atoms with Crippen LogP contribution in [0.15, 0.2) is 28.6 Å². The first kappa shape index (κ1) is 15.3. The summed E-state index contributed by atoms with van der Waals surface area (Å²) in [5.41, 5.74) is 0.951. The number of carbonyl (C=O) groups is 2. The highest BCUT2D eigenvalue weighted by atomic mass is 32.2. The number of para-hydroxylation sites is 1. The van der Waals surface area contributed by atoms with E-state index < -0.39 is 5.97 Å². The number of rotatable bonds is 5. The highest BCUT2D eigenvalue weighted by Crippen LogP contribution is 2.30. The normalized spacial score (nSPS) is 18.0. The van der Waals surface area contributed by atoms with Crippen LogP contribution >= 0.6 is 23.1 Å². The maximum Gasteiger partial charge on any atom is 0.305 e. The third-order valence-corrected chi connectivity index (χ3v) is 5.87. The van der Waals surface area contributed by atoms with Crippen molar-refractivity contribution >= 4 is 45.2 Å². The van der Waals surface area contributed by atoms with E-state index in [4.69, 9.17) is 5.11 Å². The van der Waals surface area contributed by atoms with Gasteiger partial charge in [0.15, 0.2) is 4.34 Å². The van der Waals surface area contributed by atoms with E-state index in [1.54, 1.807) is 16.2 Å². The molecule has 3 rings (SSSR count). The summed E-state index contributed by atoms with van der Waals surface area (Å²) in [6.07, 6.45) is 1.71. The van der Waals surface area contributed by atoms with Crippen LogP contribution in [0, 0.1) is 0 Å². The molecule has 2 heterocycles. The largest absolute Gasteiger partial charge is 0.481 e. The minimum Gasteiger partial charge on any atom is -0.481 e. The van der Waals surface area contributed by atoms with Crippen molar-refractivity contribution in [2.75, 3.05) is 12.3 Å². The number of amides is 1. The van der Waals surface area contributed by atoms with Crippen LogP contribution < -0.4 is 0 Å². The average molecular weight is 336 g/mol. The monoisotopic (exact) mass is 336 g/mol. The lowest BCUT2D eigenvalue weighted by Crippen LogP contribution is -2.37. The molecule has 0 bridgehead atoms. The Kier molecular flexibility index (Phi) is 4.63. The molecule has 1 atom stereocenters. The summed E-state index contributed by atoms with van der Waals surface area (Å²) in [5.74, 6) is -0.521. The molecule has 1 saturated heterocycles. The number of aromatic nitrogens is 1. The van der Waals surface area contributed by atoms with Crippen molar-refractivity contribution in [2.24, 2.45) is 0 Å². The Morgan fingerprint density at radius 3 is 3.00 bits per heavy atom. The van der Waals surface area contributed by atoms with Crippen LogP contribution in [0.1, 0.15) is 19.3 Å². The third kappa shape index (κ3) is 3.41. The molecule has 22 heavy (non-hydrogen) atoms. The predicted octanol–water partition coefficient (Wildman–Crippen LogP) is 2.85. The minimum absolute atomic E-state index is 0.00741. The molecule has 1 fully saturated rings. The first-order valence-corrected chi connectivity index (χ1v) is 8.93. The number of thiazole rings is 1. The number of nitrogens with zero attached hydrogens (tertiary/aromatic N) is 2. The van der Waals surface area contributed by atoms with Gasteiger partial charge in [-0.2, -0.15) is 0 Å². The van der Waals surface area contributed by atoms with Crippen LogP contribution in [0.2, 0.25) is 0 Å². The van der Waals surface area contributed by atoms with Crippen molar-refractivity contribution in [2.45, 2.75) is 29.6 Å². The van der Waals surface area contributed by atoms with Gasteiger partial charge in [-0.1, -0.05) is 23.9 Å². The van der Waals surface area contributed by atoms with Gasteiger partial charge < -0.3 is 10.0 Å². The fourth-order valence-corrected chi connectivity index (χ4v) is 4.65. The van der Waals surface area contributed by atoms with Gasteiger partial charge in [-0.05, 0) is 25.0 Å². The molecule has 0 aliphatic carbocycles. The smallest absolute Gasteiger partial charge is 0.305 e. The lowest BCUT2D eigenvalue weighted by atomic mass is 10.1. The Morgan fingerprint density at radius 1 is 1.41 bits per heavy atom. The molecule has 5 nitrogen and oxygen atoms in total. The second-order valence-electron chi connectivity index (χ2n) is 5.22. The van der Waals surface area contributed by atoms with Crippen molar-refractivity contribution in [3.63, 3.8) is 0 Å². The van der Waals surface area contributed by atoms with Gasteiger partial charge in [-0.25, -0.2) is 4.98 Å². The number of carboxylic acids is 1. The predicted molar refractivity (Wildman–Crippen MR) is 87.3 cm³/mol. The Bertz CT molecular complexity index is 668. The van der Waals surface area contributed by atoms with Crippen LogP contribution in [-0.2, 0) is 9.59 Å². The first-order chi connectivity index (χ1) is 10.6. The molecule has 1 amide bonds. The fourth-order valence-electron chi connectivity index (χ4n) is 2.70. The Balaban J connectivity index is 1.60. The molecule has 1 aliphatic rings. The highest BCUT2D eigenvalue weighted by Gasteiger charge is 2.30. The zero-order valence-corrected chi connectivity index (χ0v) is 13.5. The van der Waals surface area contributed by atoms with Gasteiger partial charge in [-0.3, -0.25) is 9.59 Å². The molecule has 2 aromatic rings. The molecule has 1 unspecified atom stereocenters. The van der Waals surface area contributed by atoms with Crippen LogP contribution in [0.5, 0.6) is 0 Å². The summed E-state index contributed by atoms with van der Waals surface area (Å²) in [6.45, 7) is 0.664. The number of carboxylic acid groups (broad SMARTS) is 1.